The number of carbonyl (C=O) groups excluding carboxylic acids is 1. The van der Waals surface area contributed by atoms with Crippen LogP contribution in [0.3, 0.4) is 0 Å². The van der Waals surface area contributed by atoms with Crippen LogP contribution in [0.1, 0.15) is 40.6 Å². The van der Waals surface area contributed by atoms with Gasteiger partial charge in [0.25, 0.3) is 0 Å². The lowest BCUT2D eigenvalue weighted by molar-refractivity contribution is -0.138. The first kappa shape index (κ1) is 18.1. The topological polar surface area (TPSA) is 41.6 Å². The lowest BCUT2D eigenvalue weighted by Gasteiger charge is -2.32. The molecule has 0 radical (unpaired) electrons. The van der Waals surface area contributed by atoms with Crippen LogP contribution in [0.25, 0.3) is 0 Å². The molecule has 0 unspecified atom stereocenters. The molecule has 5 heteroatoms. The number of likely N-dealkylation sites (tertiary alicyclic amines) is 1. The van der Waals surface area contributed by atoms with E-state index in [1.54, 1.807) is 6.07 Å². The minimum Gasteiger partial charge on any atom is -0.375 e. The molecule has 0 bridgehead atoms. The van der Waals surface area contributed by atoms with Crippen LogP contribution in [0.2, 0.25) is 0 Å². The third kappa shape index (κ3) is 3.15. The average molecular weight is 368 g/mol. The van der Waals surface area contributed by atoms with Crippen LogP contribution in [-0.4, -0.2) is 44.2 Å². The zero-order chi connectivity index (χ0) is 19.0. The predicted octanol–water partition coefficient (Wildman–Crippen LogP) is 3.02. The molecule has 1 amide bonds. The van der Waals surface area contributed by atoms with Gasteiger partial charge in [-0.3, -0.25) is 4.79 Å². The number of nitrogens with zero attached hydrogens (tertiary/aromatic N) is 1. The summed E-state index contributed by atoms with van der Waals surface area (Å²) in [5.41, 5.74) is 4.56. The molecule has 4 rings (SSSR count). The number of methoxy groups -OCH3 is 1. The third-order valence-corrected chi connectivity index (χ3v) is 5.86. The van der Waals surface area contributed by atoms with Gasteiger partial charge in [-0.05, 0) is 54.3 Å². The summed E-state index contributed by atoms with van der Waals surface area (Å²) in [5.74, 6) is -0.141. The maximum atomic E-state index is 14.2. The van der Waals surface area contributed by atoms with Gasteiger partial charge in [-0.15, -0.1) is 0 Å². The molecule has 2 aromatic rings. The van der Waals surface area contributed by atoms with Gasteiger partial charge >= 0.3 is 0 Å². The van der Waals surface area contributed by atoms with E-state index in [4.69, 9.17) is 4.74 Å². The monoisotopic (exact) mass is 368 g/mol. The van der Waals surface area contributed by atoms with Crippen molar-refractivity contribution in [1.82, 2.24) is 10.2 Å². The van der Waals surface area contributed by atoms with Crippen molar-refractivity contribution in [3.8, 4) is 0 Å². The van der Waals surface area contributed by atoms with E-state index in [0.717, 1.165) is 24.0 Å². The van der Waals surface area contributed by atoms with Gasteiger partial charge in [-0.25, -0.2) is 4.39 Å². The highest BCUT2D eigenvalue weighted by Gasteiger charge is 2.47. The normalized spacial score (nSPS) is 23.4. The standard InChI is InChI=1S/C22H25FN2O2/c1-24-12-17-11-20-18-6-4-3-5-14(18)9-15-7-8-16(23)10-19(15)22(20)25(17)21(26)13-27-2/h3-8,10,17,20,22,24H,9,11-13H2,1-2H3/t17-,20-,22-/m1/s1. The molecule has 2 aromatic carbocycles. The molecular formula is C22H25FN2O2. The molecule has 0 aromatic heterocycles. The predicted molar refractivity (Wildman–Crippen MR) is 102 cm³/mol. The fourth-order valence-corrected chi connectivity index (χ4v) is 4.86. The Morgan fingerprint density at radius 1 is 1.22 bits per heavy atom. The van der Waals surface area contributed by atoms with Crippen molar-refractivity contribution in [3.63, 3.8) is 0 Å². The molecule has 4 nitrogen and oxygen atoms in total. The molecule has 27 heavy (non-hydrogen) atoms. The van der Waals surface area contributed by atoms with E-state index in [2.05, 4.69) is 29.6 Å². The molecule has 1 saturated heterocycles. The van der Waals surface area contributed by atoms with E-state index in [0.29, 0.717) is 6.54 Å². The molecule has 1 aliphatic heterocycles. The van der Waals surface area contributed by atoms with Crippen LogP contribution in [0.15, 0.2) is 42.5 Å². The number of fused-ring (bicyclic) bond motifs is 5. The Kier molecular flexibility index (Phi) is 4.98. The highest BCUT2D eigenvalue weighted by molar-refractivity contribution is 5.79. The Hall–Kier alpha value is -2.24. The number of nitrogens with one attached hydrogen (secondary N) is 1. The fraction of sp³-hybridized carbons (Fsp3) is 0.409. The SMILES string of the molecule is CNC[C@H]1C[C@@H]2c3ccccc3Cc3ccc(F)cc3[C@H]2N1C(=O)COC. The van der Waals surface area contributed by atoms with Gasteiger partial charge in [0, 0.05) is 25.6 Å². The zero-order valence-electron chi connectivity index (χ0n) is 15.7. The lowest BCUT2D eigenvalue weighted by Crippen LogP contribution is -2.44. The van der Waals surface area contributed by atoms with Crippen LogP contribution >= 0.6 is 0 Å². The molecule has 1 N–H and O–H groups in total. The van der Waals surface area contributed by atoms with Crippen molar-refractivity contribution in [2.75, 3.05) is 27.3 Å². The van der Waals surface area contributed by atoms with Crippen LogP contribution in [0, 0.1) is 5.82 Å². The van der Waals surface area contributed by atoms with Gasteiger partial charge in [0.05, 0.1) is 6.04 Å². The van der Waals surface area contributed by atoms with Gasteiger partial charge in [-0.2, -0.15) is 0 Å². The number of amides is 1. The first-order valence-electron chi connectivity index (χ1n) is 9.45. The summed E-state index contributed by atoms with van der Waals surface area (Å²) < 4.78 is 19.3. The Morgan fingerprint density at radius 2 is 2.00 bits per heavy atom. The van der Waals surface area contributed by atoms with Crippen LogP contribution in [0.5, 0.6) is 0 Å². The van der Waals surface area contributed by atoms with Crippen molar-refractivity contribution >= 4 is 5.91 Å². The number of likely N-dealkylation sites (N-methyl/N-ethyl adjacent to an activating group) is 1. The van der Waals surface area contributed by atoms with Gasteiger partial charge < -0.3 is 15.0 Å². The molecule has 0 saturated carbocycles. The Bertz CT molecular complexity index is 854. The van der Waals surface area contributed by atoms with E-state index in [1.807, 2.05) is 18.0 Å². The summed E-state index contributed by atoms with van der Waals surface area (Å²) in [5, 5.41) is 3.21. The van der Waals surface area contributed by atoms with E-state index in [9.17, 15) is 9.18 Å². The largest absolute Gasteiger partial charge is 0.375 e. The number of hydrogen-bond acceptors (Lipinski definition) is 3. The number of benzene rings is 2. The summed E-state index contributed by atoms with van der Waals surface area (Å²) in [7, 11) is 3.43. The molecule has 1 aliphatic carbocycles. The van der Waals surface area contributed by atoms with E-state index in [-0.39, 0.29) is 36.3 Å². The van der Waals surface area contributed by atoms with Crippen LogP contribution in [0.4, 0.5) is 4.39 Å². The van der Waals surface area contributed by atoms with Crippen molar-refractivity contribution in [1.29, 1.82) is 0 Å². The van der Waals surface area contributed by atoms with Gasteiger partial charge in [0.1, 0.15) is 12.4 Å². The number of rotatable bonds is 4. The van der Waals surface area contributed by atoms with Gasteiger partial charge in [0.2, 0.25) is 5.91 Å². The van der Waals surface area contributed by atoms with Crippen molar-refractivity contribution < 1.29 is 13.9 Å². The van der Waals surface area contributed by atoms with Crippen LogP contribution < -0.4 is 5.32 Å². The maximum Gasteiger partial charge on any atom is 0.249 e. The molecule has 0 spiro atoms. The summed E-state index contributed by atoms with van der Waals surface area (Å²) >= 11 is 0. The number of ether oxygens (including phenoxy) is 1. The minimum absolute atomic E-state index is 0.0374. The number of carbonyl (C=O) groups is 1. The summed E-state index contributed by atoms with van der Waals surface area (Å²) in [6.07, 6.45) is 1.62. The maximum absolute atomic E-state index is 14.2. The number of hydrogen-bond donors (Lipinski definition) is 1. The van der Waals surface area contributed by atoms with E-state index < -0.39 is 0 Å². The Morgan fingerprint density at radius 3 is 2.78 bits per heavy atom. The minimum atomic E-state index is -0.255. The Labute approximate surface area is 159 Å². The summed E-state index contributed by atoms with van der Waals surface area (Å²) in [6, 6.07) is 13.3. The molecule has 2 aliphatic rings. The highest BCUT2D eigenvalue weighted by Crippen LogP contribution is 2.50. The molecular weight excluding hydrogens is 343 g/mol. The first-order chi connectivity index (χ1) is 13.1. The van der Waals surface area contributed by atoms with Gasteiger partial charge in [-0.1, -0.05) is 30.3 Å². The quantitative estimate of drug-likeness (QED) is 0.902. The van der Waals surface area contributed by atoms with Crippen LogP contribution in [-0.2, 0) is 16.0 Å². The lowest BCUT2D eigenvalue weighted by atomic mass is 9.86. The van der Waals surface area contributed by atoms with Gasteiger partial charge in [0.15, 0.2) is 0 Å². The van der Waals surface area contributed by atoms with E-state index in [1.165, 1.54) is 24.3 Å². The summed E-state index contributed by atoms with van der Waals surface area (Å²) in [4.78, 5) is 14.9. The Balaban J connectivity index is 1.89. The third-order valence-electron chi connectivity index (χ3n) is 5.86. The average Bonchev–Trinajstić information content (AvgIpc) is 2.97. The van der Waals surface area contributed by atoms with Crippen molar-refractivity contribution in [3.05, 3.63) is 70.5 Å². The fourth-order valence-electron chi connectivity index (χ4n) is 4.86. The van der Waals surface area contributed by atoms with E-state index >= 15 is 0 Å². The zero-order valence-corrected chi connectivity index (χ0v) is 15.7. The second kappa shape index (κ2) is 7.41. The van der Waals surface area contributed by atoms with Crippen molar-refractivity contribution in [2.24, 2.45) is 0 Å². The van der Waals surface area contributed by atoms with Crippen molar-refractivity contribution in [2.45, 2.75) is 30.8 Å². The smallest absolute Gasteiger partial charge is 0.249 e. The summed E-state index contributed by atoms with van der Waals surface area (Å²) in [6.45, 7) is 0.741. The number of halogens is 1. The highest BCUT2D eigenvalue weighted by atomic mass is 19.1. The molecule has 142 valence electrons. The second-order valence-electron chi connectivity index (χ2n) is 7.45. The first-order valence-corrected chi connectivity index (χ1v) is 9.45. The molecule has 3 atom stereocenters. The second-order valence-corrected chi connectivity index (χ2v) is 7.45. The molecule has 1 heterocycles. The molecule has 1 fully saturated rings.